The fourth-order valence-corrected chi connectivity index (χ4v) is 4.91. The molecule has 0 radical (unpaired) electrons. The highest BCUT2D eigenvalue weighted by Gasteiger charge is 2.46. The lowest BCUT2D eigenvalue weighted by molar-refractivity contribution is -0.128. The molecule has 0 heterocycles. The molecule has 1 saturated carbocycles. The molecule has 3 heteroatoms. The smallest absolute Gasteiger partial charge is 0.156 e. The quantitative estimate of drug-likeness (QED) is 0.257. The van der Waals surface area contributed by atoms with Crippen molar-refractivity contribution in [3.05, 3.63) is 60.2 Å². The molecule has 1 fully saturated rings. The average Bonchev–Trinajstić information content (AvgIpc) is 2.80. The van der Waals surface area contributed by atoms with Crippen LogP contribution in [-0.2, 0) is 4.79 Å². The number of ketones is 1. The number of benzene rings is 2. The zero-order valence-electron chi connectivity index (χ0n) is 19.9. The second-order valence-electron chi connectivity index (χ2n) is 9.48. The van der Waals surface area contributed by atoms with Crippen LogP contribution in [0.25, 0.3) is 17.2 Å². The number of carbonyl (C=O) groups excluding carboxylic acids is 1. The molecule has 0 aliphatic heterocycles. The standard InChI is InChI=1S/C29H37BrO2/c1-5-6-7-20-32-26-15-13-25(14-16-26)24-11-8-23(9-12-24)10-17-27-22(4)18-19-29(30,21(2)3)28(27)31/h8-17,21-22,27H,5-7,18-20H2,1-4H3/b17-10+/t22-,27?,29+/m1/s1. The van der Waals surface area contributed by atoms with Crippen molar-refractivity contribution in [2.45, 2.75) is 64.1 Å². The molecule has 3 rings (SSSR count). The minimum atomic E-state index is -0.385. The van der Waals surface area contributed by atoms with E-state index in [0.29, 0.717) is 17.6 Å². The van der Waals surface area contributed by atoms with Crippen molar-refractivity contribution in [2.75, 3.05) is 6.61 Å². The average molecular weight is 498 g/mol. The van der Waals surface area contributed by atoms with E-state index in [9.17, 15) is 4.79 Å². The molecule has 2 aromatic carbocycles. The Hall–Kier alpha value is -1.87. The summed E-state index contributed by atoms with van der Waals surface area (Å²) in [6.45, 7) is 9.44. The normalized spacial score (nSPS) is 23.8. The monoisotopic (exact) mass is 496 g/mol. The number of halogens is 1. The van der Waals surface area contributed by atoms with E-state index < -0.39 is 0 Å². The van der Waals surface area contributed by atoms with Crippen molar-refractivity contribution in [1.29, 1.82) is 0 Å². The van der Waals surface area contributed by atoms with Crippen LogP contribution in [0.2, 0.25) is 0 Å². The first-order chi connectivity index (χ1) is 15.3. The molecule has 0 N–H and O–H groups in total. The van der Waals surface area contributed by atoms with E-state index in [1.165, 1.54) is 24.0 Å². The predicted octanol–water partition coefficient (Wildman–Crippen LogP) is 8.34. The number of hydrogen-bond donors (Lipinski definition) is 0. The van der Waals surface area contributed by atoms with Gasteiger partial charge in [-0.1, -0.05) is 105 Å². The maximum Gasteiger partial charge on any atom is 0.156 e. The van der Waals surface area contributed by atoms with Crippen molar-refractivity contribution >= 4 is 27.8 Å². The molecule has 0 spiro atoms. The molecule has 0 saturated heterocycles. The second kappa shape index (κ2) is 11.3. The number of carbonyl (C=O) groups is 1. The Morgan fingerprint density at radius 3 is 2.28 bits per heavy atom. The third-order valence-electron chi connectivity index (χ3n) is 6.82. The van der Waals surface area contributed by atoms with Crippen LogP contribution in [0.4, 0.5) is 0 Å². The Kier molecular flexibility index (Phi) is 8.76. The van der Waals surface area contributed by atoms with Crippen LogP contribution in [-0.4, -0.2) is 16.7 Å². The van der Waals surface area contributed by atoms with E-state index in [0.717, 1.165) is 37.2 Å². The number of Topliss-reactive ketones (excluding diaryl/α,β-unsaturated/α-hetero) is 1. The van der Waals surface area contributed by atoms with Gasteiger partial charge in [0.1, 0.15) is 5.75 Å². The zero-order chi connectivity index (χ0) is 23.1. The van der Waals surface area contributed by atoms with Gasteiger partial charge in [0.25, 0.3) is 0 Å². The number of allylic oxidation sites excluding steroid dienone is 1. The van der Waals surface area contributed by atoms with Crippen molar-refractivity contribution in [3.63, 3.8) is 0 Å². The summed E-state index contributed by atoms with van der Waals surface area (Å²) < 4.78 is 5.43. The Balaban J connectivity index is 1.64. The highest BCUT2D eigenvalue weighted by Crippen LogP contribution is 2.44. The molecule has 2 nitrogen and oxygen atoms in total. The minimum Gasteiger partial charge on any atom is -0.494 e. The van der Waals surface area contributed by atoms with Crippen molar-refractivity contribution in [1.82, 2.24) is 0 Å². The molecule has 1 aliphatic rings. The first-order valence-corrected chi connectivity index (χ1v) is 12.9. The summed E-state index contributed by atoms with van der Waals surface area (Å²) >= 11 is 3.79. The van der Waals surface area contributed by atoms with E-state index in [4.69, 9.17) is 4.74 Å². The highest BCUT2D eigenvalue weighted by molar-refractivity contribution is 9.10. The molecule has 0 amide bonds. The van der Waals surface area contributed by atoms with Gasteiger partial charge in [-0.2, -0.15) is 0 Å². The van der Waals surface area contributed by atoms with Crippen LogP contribution < -0.4 is 4.74 Å². The molecule has 2 aromatic rings. The summed E-state index contributed by atoms with van der Waals surface area (Å²) in [5.41, 5.74) is 3.49. The lowest BCUT2D eigenvalue weighted by atomic mass is 9.70. The van der Waals surface area contributed by atoms with Gasteiger partial charge in [0.05, 0.1) is 10.9 Å². The van der Waals surface area contributed by atoms with Crippen LogP contribution in [0, 0.1) is 17.8 Å². The third kappa shape index (κ3) is 5.92. The van der Waals surface area contributed by atoms with Crippen molar-refractivity contribution < 1.29 is 9.53 Å². The minimum absolute atomic E-state index is 0.0323. The summed E-state index contributed by atoms with van der Waals surface area (Å²) in [5, 5.41) is 0. The van der Waals surface area contributed by atoms with Crippen LogP contribution in [0.5, 0.6) is 5.75 Å². The van der Waals surface area contributed by atoms with E-state index in [1.54, 1.807) is 0 Å². The number of hydrogen-bond acceptors (Lipinski definition) is 2. The maximum absolute atomic E-state index is 13.2. The number of alkyl halides is 1. The predicted molar refractivity (Wildman–Crippen MR) is 139 cm³/mol. The lowest BCUT2D eigenvalue weighted by Crippen LogP contribution is -2.47. The summed E-state index contributed by atoms with van der Waals surface area (Å²) in [6, 6.07) is 16.9. The Morgan fingerprint density at radius 2 is 1.69 bits per heavy atom. The number of ether oxygens (including phenoxy) is 1. The maximum atomic E-state index is 13.2. The van der Waals surface area contributed by atoms with Gasteiger partial charge in [0, 0.05) is 5.92 Å². The fourth-order valence-electron chi connectivity index (χ4n) is 4.41. The van der Waals surface area contributed by atoms with Crippen molar-refractivity contribution in [2.24, 2.45) is 17.8 Å². The zero-order valence-corrected chi connectivity index (χ0v) is 21.5. The first-order valence-electron chi connectivity index (χ1n) is 12.1. The summed E-state index contributed by atoms with van der Waals surface area (Å²) in [6.07, 6.45) is 9.74. The third-order valence-corrected chi connectivity index (χ3v) is 8.52. The van der Waals surface area contributed by atoms with Gasteiger partial charge in [0.2, 0.25) is 0 Å². The summed E-state index contributed by atoms with van der Waals surface area (Å²) in [4.78, 5) is 13.2. The van der Waals surface area contributed by atoms with Crippen LogP contribution >= 0.6 is 15.9 Å². The molecule has 32 heavy (non-hydrogen) atoms. The summed E-state index contributed by atoms with van der Waals surface area (Å²) in [7, 11) is 0. The van der Waals surface area contributed by atoms with Crippen LogP contribution in [0.3, 0.4) is 0 Å². The van der Waals surface area contributed by atoms with E-state index >= 15 is 0 Å². The molecule has 1 unspecified atom stereocenters. The van der Waals surface area contributed by atoms with Gasteiger partial charge in [-0.05, 0) is 59.9 Å². The van der Waals surface area contributed by atoms with E-state index in [1.807, 2.05) is 12.1 Å². The van der Waals surface area contributed by atoms with Gasteiger partial charge in [-0.3, -0.25) is 4.79 Å². The Labute approximate surface area is 202 Å². The molecule has 172 valence electrons. The van der Waals surface area contributed by atoms with Gasteiger partial charge in [-0.25, -0.2) is 0 Å². The molecular formula is C29H37BrO2. The van der Waals surface area contributed by atoms with Gasteiger partial charge >= 0.3 is 0 Å². The van der Waals surface area contributed by atoms with E-state index in [2.05, 4.69) is 92.2 Å². The van der Waals surface area contributed by atoms with Gasteiger partial charge in [-0.15, -0.1) is 0 Å². The number of unbranched alkanes of at least 4 members (excludes halogenated alkanes) is 2. The molecule has 0 bridgehead atoms. The molecule has 0 aromatic heterocycles. The fraction of sp³-hybridized carbons (Fsp3) is 0.483. The number of rotatable bonds is 9. The summed E-state index contributed by atoms with van der Waals surface area (Å²) in [5.74, 6) is 1.90. The van der Waals surface area contributed by atoms with Gasteiger partial charge < -0.3 is 4.74 Å². The second-order valence-corrected chi connectivity index (χ2v) is 10.9. The first kappa shape index (κ1) is 24.8. The highest BCUT2D eigenvalue weighted by atomic mass is 79.9. The van der Waals surface area contributed by atoms with E-state index in [-0.39, 0.29) is 10.2 Å². The van der Waals surface area contributed by atoms with Crippen molar-refractivity contribution in [3.8, 4) is 16.9 Å². The van der Waals surface area contributed by atoms with Gasteiger partial charge in [0.15, 0.2) is 5.78 Å². The Bertz CT molecular complexity index is 898. The van der Waals surface area contributed by atoms with Crippen LogP contribution in [0.15, 0.2) is 54.6 Å². The Morgan fingerprint density at radius 1 is 1.06 bits per heavy atom. The molecule has 3 atom stereocenters. The molecule has 1 aliphatic carbocycles. The van der Waals surface area contributed by atoms with Crippen LogP contribution in [0.1, 0.15) is 65.4 Å². The topological polar surface area (TPSA) is 26.3 Å². The molecular weight excluding hydrogens is 460 g/mol. The SMILES string of the molecule is CCCCCOc1ccc(-c2ccc(/C=C/C3C(=O)[C@@](Br)(C(C)C)CC[C@H]3C)cc2)cc1. The largest absolute Gasteiger partial charge is 0.494 e. The lowest BCUT2D eigenvalue weighted by Gasteiger charge is -2.40.